The summed E-state index contributed by atoms with van der Waals surface area (Å²) in [5, 5.41) is 74.3. The highest BCUT2D eigenvalue weighted by atomic mass is 16.6. The maximum Gasteiger partial charge on any atom is 0.276 e. The van der Waals surface area contributed by atoms with E-state index >= 15 is 0 Å². The van der Waals surface area contributed by atoms with E-state index in [-0.39, 0.29) is 16.9 Å². The van der Waals surface area contributed by atoms with Gasteiger partial charge in [-0.25, -0.2) is 10.4 Å². The van der Waals surface area contributed by atoms with E-state index in [1.54, 1.807) is 11.0 Å². The summed E-state index contributed by atoms with van der Waals surface area (Å²) in [6.45, 7) is -1.76. The van der Waals surface area contributed by atoms with Crippen LogP contribution in [0.3, 0.4) is 0 Å². The first-order valence-electron chi connectivity index (χ1n) is 13.9. The fourth-order valence-corrected chi connectivity index (χ4v) is 6.71. The number of fused-ring (bicyclic) bond motifs is 9. The number of anilines is 1. The maximum atomic E-state index is 14.1. The fourth-order valence-electron chi connectivity index (χ4n) is 6.71. The Morgan fingerprint density at radius 3 is 2.49 bits per heavy atom. The number of allylic oxidation sites excluding steroid dienone is 3. The van der Waals surface area contributed by atoms with Crippen LogP contribution in [-0.4, -0.2) is 120 Å². The highest BCUT2D eigenvalue weighted by Gasteiger charge is 2.52. The lowest BCUT2D eigenvalue weighted by molar-refractivity contribution is -0.228. The van der Waals surface area contributed by atoms with E-state index in [9.17, 15) is 45.3 Å². The van der Waals surface area contributed by atoms with Gasteiger partial charge in [0.1, 0.15) is 30.2 Å². The monoisotopic (exact) mass is 594 g/mol. The number of H-pyrrole nitrogens is 1. The minimum atomic E-state index is -1.70. The SMILES string of the molecule is O=C1c2c(c3c4c([nH]c3c3c2=C2C=CC(O)=CC2N3C2OC(CO)C(O)C(O)C2O)=CC=CC4)C(=O)N1NC(CO)CO. The lowest BCUT2D eigenvalue weighted by Crippen LogP contribution is -2.64. The number of amides is 2. The van der Waals surface area contributed by atoms with E-state index in [1.807, 2.05) is 18.2 Å². The molecule has 7 rings (SSSR count). The maximum absolute atomic E-state index is 14.1. The van der Waals surface area contributed by atoms with E-state index in [0.717, 1.165) is 10.6 Å². The Kier molecular flexibility index (Phi) is 6.57. The van der Waals surface area contributed by atoms with Crippen LogP contribution in [0.5, 0.6) is 0 Å². The van der Waals surface area contributed by atoms with Crippen LogP contribution in [-0.2, 0) is 11.2 Å². The third kappa shape index (κ3) is 3.82. The molecule has 1 fully saturated rings. The third-order valence-corrected chi connectivity index (χ3v) is 8.74. The number of carbonyl (C=O) groups is 2. The van der Waals surface area contributed by atoms with Crippen molar-refractivity contribution in [2.45, 2.75) is 49.1 Å². The number of aliphatic hydroxyl groups excluding tert-OH is 7. The minimum Gasteiger partial charge on any atom is -0.508 e. The van der Waals surface area contributed by atoms with Gasteiger partial charge in [0.05, 0.1) is 54.2 Å². The molecule has 1 saturated heterocycles. The first kappa shape index (κ1) is 27.9. The first-order valence-corrected chi connectivity index (χ1v) is 13.9. The van der Waals surface area contributed by atoms with Gasteiger partial charge in [-0.2, -0.15) is 0 Å². The van der Waals surface area contributed by atoms with Gasteiger partial charge in [0.25, 0.3) is 11.8 Å². The number of aliphatic hydroxyl groups is 7. The quantitative estimate of drug-likeness (QED) is 0.150. The lowest BCUT2D eigenvalue weighted by Gasteiger charge is -2.46. The molecule has 43 heavy (non-hydrogen) atoms. The van der Waals surface area contributed by atoms with E-state index in [0.29, 0.717) is 39.2 Å². The molecular formula is C29H30N4O10. The average Bonchev–Trinajstić information content (AvgIpc) is 3.62. The van der Waals surface area contributed by atoms with Crippen molar-refractivity contribution in [3.8, 4) is 0 Å². The molecule has 4 heterocycles. The van der Waals surface area contributed by atoms with Crippen molar-refractivity contribution in [2.24, 2.45) is 0 Å². The van der Waals surface area contributed by atoms with Gasteiger partial charge in [0, 0.05) is 16.0 Å². The van der Waals surface area contributed by atoms with E-state index in [1.165, 1.54) is 12.2 Å². The van der Waals surface area contributed by atoms with E-state index in [4.69, 9.17) is 4.74 Å². The molecule has 226 valence electrons. The molecule has 3 aliphatic heterocycles. The highest BCUT2D eigenvalue weighted by Crippen LogP contribution is 2.43. The highest BCUT2D eigenvalue weighted by molar-refractivity contribution is 6.28. The molecule has 0 spiro atoms. The Balaban J connectivity index is 1.54. The molecule has 6 unspecified atom stereocenters. The topological polar surface area (TPSA) is 219 Å². The number of benzene rings is 1. The second kappa shape index (κ2) is 10.1. The summed E-state index contributed by atoms with van der Waals surface area (Å²) in [5.41, 5.74) is 4.78. The summed E-state index contributed by atoms with van der Waals surface area (Å²) in [6, 6.07) is -1.85. The van der Waals surface area contributed by atoms with Crippen molar-refractivity contribution in [1.29, 1.82) is 0 Å². The van der Waals surface area contributed by atoms with Crippen LogP contribution in [0, 0.1) is 0 Å². The molecule has 0 bridgehead atoms. The summed E-state index contributed by atoms with van der Waals surface area (Å²) in [7, 11) is 0. The van der Waals surface area contributed by atoms with E-state index in [2.05, 4.69) is 10.4 Å². The van der Waals surface area contributed by atoms with Crippen molar-refractivity contribution in [1.82, 2.24) is 15.4 Å². The van der Waals surface area contributed by atoms with Crippen molar-refractivity contribution < 1.29 is 50.1 Å². The van der Waals surface area contributed by atoms with Crippen molar-refractivity contribution in [3.05, 3.63) is 63.4 Å². The Bertz CT molecular complexity index is 1770. The Labute approximate surface area is 243 Å². The van der Waals surface area contributed by atoms with Gasteiger partial charge in [-0.05, 0) is 35.8 Å². The summed E-state index contributed by atoms with van der Waals surface area (Å²) < 4.78 is 5.98. The molecule has 0 radical (unpaired) electrons. The molecule has 0 saturated carbocycles. The van der Waals surface area contributed by atoms with Crippen LogP contribution < -0.4 is 20.9 Å². The molecular weight excluding hydrogens is 564 g/mol. The normalized spacial score (nSPS) is 29.3. The fraction of sp³-hybridized carbons (Fsp3) is 0.379. The number of ether oxygens (including phenoxy) is 1. The lowest BCUT2D eigenvalue weighted by atomic mass is 9.93. The number of aromatic nitrogens is 1. The molecule has 6 atom stereocenters. The zero-order valence-corrected chi connectivity index (χ0v) is 22.6. The molecule has 5 aliphatic rings. The molecule has 1 aromatic carbocycles. The number of nitrogens with zero attached hydrogens (tertiary/aromatic N) is 2. The number of hydrazine groups is 1. The minimum absolute atomic E-state index is 0.0394. The number of nitrogens with one attached hydrogen (secondary N) is 2. The van der Waals surface area contributed by atoms with Crippen molar-refractivity contribution in [3.63, 3.8) is 0 Å². The van der Waals surface area contributed by atoms with Crippen LogP contribution in [0.4, 0.5) is 5.69 Å². The largest absolute Gasteiger partial charge is 0.508 e. The van der Waals surface area contributed by atoms with Gasteiger partial charge >= 0.3 is 0 Å². The summed E-state index contributed by atoms with van der Waals surface area (Å²) in [6.07, 6.45) is 2.88. The van der Waals surface area contributed by atoms with Gasteiger partial charge in [-0.3, -0.25) is 9.59 Å². The molecule has 14 heteroatoms. The standard InChI is InChI=1S/C29H30N4O10/c34-8-11(9-35)31-33-27(41)20-18-13-3-1-2-4-15(13)30-22(18)23-19(21(20)28(33)42)14-6-5-12(37)7-16(14)32(23)29-26(40)25(39)24(38)17(10-36)43-29/h1-2,4-7,11,16-17,24-26,29-31,34-40H,3,8-10H2. The van der Waals surface area contributed by atoms with Gasteiger partial charge in [0.2, 0.25) is 0 Å². The molecule has 14 nitrogen and oxygen atoms in total. The predicted molar refractivity (Wildman–Crippen MR) is 150 cm³/mol. The third-order valence-electron chi connectivity index (χ3n) is 8.74. The number of aromatic amines is 1. The number of carbonyl (C=O) groups excluding carboxylic acids is 2. The summed E-state index contributed by atoms with van der Waals surface area (Å²) >= 11 is 0. The molecule has 2 aliphatic carbocycles. The van der Waals surface area contributed by atoms with Crippen molar-refractivity contribution >= 4 is 40.1 Å². The number of hydrogen-bond acceptors (Lipinski definition) is 12. The number of imide groups is 1. The number of rotatable bonds is 6. The molecule has 1 aromatic heterocycles. The smallest absolute Gasteiger partial charge is 0.276 e. The molecule has 2 amide bonds. The van der Waals surface area contributed by atoms with Crippen LogP contribution in [0.2, 0.25) is 0 Å². The molecule has 2 aromatic rings. The van der Waals surface area contributed by atoms with Crippen molar-refractivity contribution in [2.75, 3.05) is 24.7 Å². The predicted octanol–water partition coefficient (Wildman–Crippen LogP) is -3.33. The van der Waals surface area contributed by atoms with Gasteiger partial charge in [-0.1, -0.05) is 18.2 Å². The second-order valence-electron chi connectivity index (χ2n) is 11.1. The zero-order chi connectivity index (χ0) is 30.3. The van der Waals surface area contributed by atoms with Crippen LogP contribution in [0.1, 0.15) is 26.3 Å². The summed E-state index contributed by atoms with van der Waals surface area (Å²) in [4.78, 5) is 33.0. The first-order chi connectivity index (χ1) is 20.7. The van der Waals surface area contributed by atoms with Gasteiger partial charge < -0.3 is 50.4 Å². The zero-order valence-electron chi connectivity index (χ0n) is 22.6. The van der Waals surface area contributed by atoms with Crippen LogP contribution in [0.25, 0.3) is 22.6 Å². The Hall–Kier alpha value is -3.86. The Morgan fingerprint density at radius 1 is 1.02 bits per heavy atom. The summed E-state index contributed by atoms with van der Waals surface area (Å²) in [5.74, 6) is -1.53. The average molecular weight is 595 g/mol. The van der Waals surface area contributed by atoms with Gasteiger partial charge in [-0.15, -0.1) is 0 Å². The van der Waals surface area contributed by atoms with E-state index < -0.39 is 74.4 Å². The number of hydrogen-bond donors (Lipinski definition) is 9. The Morgan fingerprint density at radius 2 is 1.77 bits per heavy atom. The second-order valence-corrected chi connectivity index (χ2v) is 11.1. The van der Waals surface area contributed by atoms with Crippen LogP contribution >= 0.6 is 0 Å². The van der Waals surface area contributed by atoms with Crippen LogP contribution in [0.15, 0.2) is 36.1 Å². The molecule has 9 N–H and O–H groups in total. The van der Waals surface area contributed by atoms with Gasteiger partial charge in [0.15, 0.2) is 6.23 Å².